The highest BCUT2D eigenvalue weighted by atomic mass is 14.0. The maximum Gasteiger partial charge on any atom is 0.0174 e. The molecule has 0 fully saturated rings. The van der Waals surface area contributed by atoms with E-state index in [-0.39, 0.29) is 0 Å². The molecule has 76 valence electrons. The van der Waals surface area contributed by atoms with Crippen molar-refractivity contribution in [3.63, 3.8) is 0 Å². The Morgan fingerprint density at radius 3 is 1.92 bits per heavy atom. The number of hydrogen-bond acceptors (Lipinski definition) is 0. The summed E-state index contributed by atoms with van der Waals surface area (Å²) in [6.07, 6.45) is 3.93. The molecule has 0 spiro atoms. The van der Waals surface area contributed by atoms with E-state index in [2.05, 4.69) is 46.5 Å². The van der Waals surface area contributed by atoms with E-state index < -0.39 is 0 Å². The molecule has 0 N–H and O–H groups in total. The molecule has 0 aromatic rings. The van der Waals surface area contributed by atoms with Gasteiger partial charge >= 0.3 is 0 Å². The second-order valence-electron chi connectivity index (χ2n) is 4.67. The van der Waals surface area contributed by atoms with Gasteiger partial charge < -0.3 is 0 Å². The van der Waals surface area contributed by atoms with Crippen molar-refractivity contribution in [2.75, 3.05) is 0 Å². The zero-order valence-corrected chi connectivity index (χ0v) is 9.85. The summed E-state index contributed by atoms with van der Waals surface area (Å²) in [5, 5.41) is 0. The van der Waals surface area contributed by atoms with Gasteiger partial charge in [0.25, 0.3) is 0 Å². The van der Waals surface area contributed by atoms with Crippen LogP contribution in [0.5, 0.6) is 0 Å². The first kappa shape index (κ1) is 12.6. The van der Waals surface area contributed by atoms with E-state index in [0.29, 0.717) is 11.8 Å². The summed E-state index contributed by atoms with van der Waals surface area (Å²) in [7, 11) is 0. The zero-order valence-electron chi connectivity index (χ0n) is 9.85. The van der Waals surface area contributed by atoms with E-state index in [9.17, 15) is 0 Å². The van der Waals surface area contributed by atoms with Gasteiger partial charge in [-0.2, -0.15) is 0 Å². The van der Waals surface area contributed by atoms with Crippen LogP contribution in [0.15, 0.2) is 0 Å². The van der Waals surface area contributed by atoms with E-state index in [1.54, 1.807) is 0 Å². The Balaban J connectivity index is 3.53. The molecule has 0 heteroatoms. The van der Waals surface area contributed by atoms with Crippen LogP contribution >= 0.6 is 0 Å². The summed E-state index contributed by atoms with van der Waals surface area (Å²) >= 11 is 0. The molecule has 0 aliphatic heterocycles. The van der Waals surface area contributed by atoms with E-state index in [1.165, 1.54) is 19.3 Å². The highest BCUT2D eigenvalue weighted by Crippen LogP contribution is 2.11. The lowest BCUT2D eigenvalue weighted by atomic mass is 9.99. The lowest BCUT2D eigenvalue weighted by Crippen LogP contribution is -1.94. The lowest BCUT2D eigenvalue weighted by molar-refractivity contribution is 0.507. The van der Waals surface area contributed by atoms with Gasteiger partial charge in [-0.05, 0) is 12.3 Å². The quantitative estimate of drug-likeness (QED) is 0.571. The average molecular weight is 180 g/mol. The van der Waals surface area contributed by atoms with Gasteiger partial charge in [-0.3, -0.25) is 0 Å². The van der Waals surface area contributed by atoms with Crippen molar-refractivity contribution < 1.29 is 0 Å². The van der Waals surface area contributed by atoms with Crippen molar-refractivity contribution >= 4 is 0 Å². The Morgan fingerprint density at radius 2 is 1.46 bits per heavy atom. The van der Waals surface area contributed by atoms with Crippen LogP contribution in [0, 0.1) is 29.6 Å². The molecule has 0 nitrogen and oxygen atoms in total. The van der Waals surface area contributed by atoms with Gasteiger partial charge in [0.15, 0.2) is 0 Å². The lowest BCUT2D eigenvalue weighted by Gasteiger charge is -2.06. The van der Waals surface area contributed by atoms with Crippen molar-refractivity contribution in [2.24, 2.45) is 17.8 Å². The molecule has 0 aromatic heterocycles. The second kappa shape index (κ2) is 7.01. The summed E-state index contributed by atoms with van der Waals surface area (Å²) < 4.78 is 0. The third kappa shape index (κ3) is 9.47. The fraction of sp³-hybridized carbons (Fsp3) is 0.846. The molecule has 0 saturated carbocycles. The van der Waals surface area contributed by atoms with Crippen molar-refractivity contribution in [3.8, 4) is 11.8 Å². The monoisotopic (exact) mass is 180 g/mol. The maximum absolute atomic E-state index is 3.31. The van der Waals surface area contributed by atoms with Gasteiger partial charge in [0.05, 0.1) is 0 Å². The van der Waals surface area contributed by atoms with Crippen LogP contribution in [-0.4, -0.2) is 0 Å². The van der Waals surface area contributed by atoms with Crippen molar-refractivity contribution in [1.29, 1.82) is 0 Å². The van der Waals surface area contributed by atoms with E-state index in [0.717, 1.165) is 5.92 Å². The molecule has 1 atom stereocenters. The Labute approximate surface area is 84.1 Å². The highest BCUT2D eigenvalue weighted by Gasteiger charge is 1.99. The first-order valence-corrected chi connectivity index (χ1v) is 5.53. The van der Waals surface area contributed by atoms with E-state index in [1.807, 2.05) is 0 Å². The summed E-state index contributed by atoms with van der Waals surface area (Å²) in [5.74, 6) is 8.48. The fourth-order valence-electron chi connectivity index (χ4n) is 1.21. The Kier molecular flexibility index (Phi) is 6.77. The minimum Gasteiger partial charge on any atom is -0.100 e. The third-order valence-corrected chi connectivity index (χ3v) is 2.04. The first-order chi connectivity index (χ1) is 6.02. The van der Waals surface area contributed by atoms with Crippen molar-refractivity contribution in [1.82, 2.24) is 0 Å². The largest absolute Gasteiger partial charge is 0.100 e. The molecule has 0 heterocycles. The Morgan fingerprint density at radius 1 is 0.846 bits per heavy atom. The normalized spacial score (nSPS) is 12.8. The molecular formula is C13H24. The Bertz CT molecular complexity index is 166. The molecule has 0 unspecified atom stereocenters. The number of rotatable bonds is 4. The van der Waals surface area contributed by atoms with Gasteiger partial charge in [-0.25, -0.2) is 0 Å². The maximum atomic E-state index is 3.31. The SMILES string of the molecule is CC(C)C#C[C@H](C)CCCC(C)C. The summed E-state index contributed by atoms with van der Waals surface area (Å²) in [5.41, 5.74) is 0. The molecule has 0 rings (SSSR count). The first-order valence-electron chi connectivity index (χ1n) is 5.53. The van der Waals surface area contributed by atoms with Crippen LogP contribution in [0.1, 0.15) is 53.9 Å². The summed E-state index contributed by atoms with van der Waals surface area (Å²) in [6, 6.07) is 0. The zero-order chi connectivity index (χ0) is 10.3. The molecule has 0 aliphatic carbocycles. The predicted molar refractivity (Wildman–Crippen MR) is 60.5 cm³/mol. The van der Waals surface area contributed by atoms with Crippen LogP contribution in [0.25, 0.3) is 0 Å². The topological polar surface area (TPSA) is 0 Å². The van der Waals surface area contributed by atoms with E-state index in [4.69, 9.17) is 0 Å². The van der Waals surface area contributed by atoms with Crippen LogP contribution in [-0.2, 0) is 0 Å². The second-order valence-corrected chi connectivity index (χ2v) is 4.67. The minimum absolute atomic E-state index is 0.521. The number of hydrogen-bond donors (Lipinski definition) is 0. The van der Waals surface area contributed by atoms with Crippen LogP contribution in [0.3, 0.4) is 0 Å². The molecule has 0 amide bonds. The predicted octanol–water partition coefficient (Wildman–Crippen LogP) is 4.11. The van der Waals surface area contributed by atoms with Gasteiger partial charge in [0.2, 0.25) is 0 Å². The highest BCUT2D eigenvalue weighted by molar-refractivity contribution is 5.04. The van der Waals surface area contributed by atoms with Crippen molar-refractivity contribution in [3.05, 3.63) is 0 Å². The van der Waals surface area contributed by atoms with Crippen molar-refractivity contribution in [2.45, 2.75) is 53.9 Å². The molecule has 13 heavy (non-hydrogen) atoms. The van der Waals surface area contributed by atoms with Crippen LogP contribution in [0.4, 0.5) is 0 Å². The van der Waals surface area contributed by atoms with E-state index >= 15 is 0 Å². The minimum atomic E-state index is 0.521. The average Bonchev–Trinajstić information content (AvgIpc) is 2.00. The molecule has 0 bridgehead atoms. The molecule has 0 saturated heterocycles. The summed E-state index contributed by atoms with van der Waals surface area (Å²) in [6.45, 7) is 11.1. The standard InChI is InChI=1S/C13H24/c1-11(2)7-6-8-13(5)10-9-12(3)4/h11-13H,6-8H2,1-5H3/t13-/m1/s1. The molecule has 0 aliphatic rings. The third-order valence-electron chi connectivity index (χ3n) is 2.04. The molecular weight excluding hydrogens is 156 g/mol. The fourth-order valence-corrected chi connectivity index (χ4v) is 1.21. The summed E-state index contributed by atoms with van der Waals surface area (Å²) in [4.78, 5) is 0. The van der Waals surface area contributed by atoms with Gasteiger partial charge in [-0.15, -0.1) is 5.92 Å². The van der Waals surface area contributed by atoms with Crippen LogP contribution in [0.2, 0.25) is 0 Å². The Hall–Kier alpha value is -0.440. The van der Waals surface area contributed by atoms with Gasteiger partial charge in [-0.1, -0.05) is 53.4 Å². The smallest absolute Gasteiger partial charge is 0.0174 e. The van der Waals surface area contributed by atoms with Gasteiger partial charge in [0, 0.05) is 11.8 Å². The molecule has 0 radical (unpaired) electrons. The van der Waals surface area contributed by atoms with Gasteiger partial charge in [0.1, 0.15) is 0 Å². The molecule has 0 aromatic carbocycles. The van der Waals surface area contributed by atoms with Crippen LogP contribution < -0.4 is 0 Å².